The van der Waals surface area contributed by atoms with Gasteiger partial charge in [0.2, 0.25) is 0 Å². The van der Waals surface area contributed by atoms with Gasteiger partial charge in [-0.15, -0.1) is 11.3 Å². The number of thiophene rings is 1. The number of nitrogens with one attached hydrogen (secondary N) is 1. The van der Waals surface area contributed by atoms with Crippen molar-refractivity contribution < 1.29 is 13.2 Å². The standard InChI is InChI=1S/C14H15N3O3S2/c1-9-6-13(21-8-9)14(18)15-10-4-5-11-12(7-10)17(3)22(19,20)16(11)2/h4-8H,1-3H3,(H,15,18). The van der Waals surface area contributed by atoms with E-state index in [1.807, 2.05) is 18.4 Å². The van der Waals surface area contributed by atoms with Gasteiger partial charge in [-0.25, -0.2) is 0 Å². The van der Waals surface area contributed by atoms with Gasteiger partial charge in [0.15, 0.2) is 0 Å². The predicted octanol–water partition coefficient (Wildman–Crippen LogP) is 2.44. The molecule has 0 unspecified atom stereocenters. The Morgan fingerprint density at radius 1 is 1.14 bits per heavy atom. The van der Waals surface area contributed by atoms with Crippen LogP contribution in [0.25, 0.3) is 0 Å². The lowest BCUT2D eigenvalue weighted by molar-refractivity contribution is 0.103. The van der Waals surface area contributed by atoms with Gasteiger partial charge in [-0.3, -0.25) is 13.4 Å². The molecule has 1 amide bonds. The van der Waals surface area contributed by atoms with Crippen LogP contribution < -0.4 is 13.9 Å². The first kappa shape index (κ1) is 14.9. The van der Waals surface area contributed by atoms with Crippen LogP contribution in [-0.2, 0) is 10.2 Å². The molecule has 0 aliphatic carbocycles. The lowest BCUT2D eigenvalue weighted by Crippen LogP contribution is -2.32. The van der Waals surface area contributed by atoms with Crippen molar-refractivity contribution >= 4 is 44.5 Å². The summed E-state index contributed by atoms with van der Waals surface area (Å²) < 4.78 is 26.6. The lowest BCUT2D eigenvalue weighted by Gasteiger charge is -2.13. The van der Waals surface area contributed by atoms with Crippen LogP contribution in [-0.4, -0.2) is 28.4 Å². The van der Waals surface area contributed by atoms with Gasteiger partial charge >= 0.3 is 10.2 Å². The Bertz CT molecular complexity index is 858. The normalized spacial score (nSPS) is 15.8. The number of hydrogen-bond acceptors (Lipinski definition) is 4. The third-order valence-electron chi connectivity index (χ3n) is 3.56. The van der Waals surface area contributed by atoms with Crippen molar-refractivity contribution in [1.29, 1.82) is 0 Å². The first-order valence-corrected chi connectivity index (χ1v) is 8.81. The highest BCUT2D eigenvalue weighted by Crippen LogP contribution is 2.40. The zero-order valence-electron chi connectivity index (χ0n) is 12.3. The minimum Gasteiger partial charge on any atom is -0.321 e. The quantitative estimate of drug-likeness (QED) is 0.915. The molecule has 1 N–H and O–H groups in total. The van der Waals surface area contributed by atoms with Crippen LogP contribution in [0.5, 0.6) is 0 Å². The topological polar surface area (TPSA) is 69.7 Å². The van der Waals surface area contributed by atoms with Crippen LogP contribution >= 0.6 is 11.3 Å². The molecule has 116 valence electrons. The summed E-state index contributed by atoms with van der Waals surface area (Å²) in [5.41, 5.74) is 2.74. The largest absolute Gasteiger partial charge is 0.326 e. The maximum atomic E-state index is 12.2. The van der Waals surface area contributed by atoms with Crippen molar-refractivity contribution in [3.8, 4) is 0 Å². The molecule has 1 aromatic carbocycles. The van der Waals surface area contributed by atoms with Crippen molar-refractivity contribution in [3.05, 3.63) is 40.1 Å². The van der Waals surface area contributed by atoms with E-state index in [0.717, 1.165) is 5.56 Å². The molecule has 1 aliphatic rings. The van der Waals surface area contributed by atoms with Crippen LogP contribution in [0.1, 0.15) is 15.2 Å². The number of nitrogens with zero attached hydrogens (tertiary/aromatic N) is 2. The maximum absolute atomic E-state index is 12.2. The highest BCUT2D eigenvalue weighted by Gasteiger charge is 2.35. The molecule has 6 nitrogen and oxygen atoms in total. The van der Waals surface area contributed by atoms with E-state index in [-0.39, 0.29) is 5.91 Å². The summed E-state index contributed by atoms with van der Waals surface area (Å²) in [6.45, 7) is 1.93. The summed E-state index contributed by atoms with van der Waals surface area (Å²) in [5.74, 6) is -0.199. The molecule has 3 rings (SSSR count). The summed E-state index contributed by atoms with van der Waals surface area (Å²) in [5, 5.41) is 4.71. The van der Waals surface area contributed by atoms with Gasteiger partial charge in [0.25, 0.3) is 5.91 Å². The molecule has 0 saturated heterocycles. The van der Waals surface area contributed by atoms with E-state index in [1.54, 1.807) is 18.2 Å². The number of rotatable bonds is 2. The summed E-state index contributed by atoms with van der Waals surface area (Å²) >= 11 is 1.38. The van der Waals surface area contributed by atoms with Gasteiger partial charge in [-0.05, 0) is 42.1 Å². The average Bonchev–Trinajstić information content (AvgIpc) is 2.97. The molecule has 0 atom stereocenters. The third-order valence-corrected chi connectivity index (χ3v) is 6.38. The second kappa shape index (κ2) is 4.99. The fourth-order valence-corrected chi connectivity index (χ4v) is 4.25. The smallest absolute Gasteiger partial charge is 0.321 e. The third kappa shape index (κ3) is 2.24. The van der Waals surface area contributed by atoms with Gasteiger partial charge in [-0.1, -0.05) is 0 Å². The molecule has 0 spiro atoms. The zero-order chi connectivity index (χ0) is 16.1. The second-order valence-corrected chi connectivity index (χ2v) is 7.99. The van der Waals surface area contributed by atoms with Crippen LogP contribution in [0, 0.1) is 6.92 Å². The molecule has 0 fully saturated rings. The van der Waals surface area contributed by atoms with Crippen LogP contribution in [0.2, 0.25) is 0 Å². The molecule has 8 heteroatoms. The van der Waals surface area contributed by atoms with E-state index in [9.17, 15) is 13.2 Å². The average molecular weight is 337 g/mol. The zero-order valence-corrected chi connectivity index (χ0v) is 14.0. The highest BCUT2D eigenvalue weighted by molar-refractivity contribution is 7.94. The number of hydrogen-bond donors (Lipinski definition) is 1. The number of fused-ring (bicyclic) bond motifs is 1. The van der Waals surface area contributed by atoms with Gasteiger partial charge < -0.3 is 5.32 Å². The predicted molar refractivity (Wildman–Crippen MR) is 89.2 cm³/mol. The number of benzene rings is 1. The van der Waals surface area contributed by atoms with Crippen molar-refractivity contribution in [1.82, 2.24) is 0 Å². The Kier molecular flexibility index (Phi) is 3.37. The van der Waals surface area contributed by atoms with Gasteiger partial charge in [0, 0.05) is 19.8 Å². The Balaban J connectivity index is 1.90. The van der Waals surface area contributed by atoms with Crippen LogP contribution in [0.3, 0.4) is 0 Å². The molecular weight excluding hydrogens is 322 g/mol. The van der Waals surface area contributed by atoms with Gasteiger partial charge in [0.1, 0.15) is 0 Å². The van der Waals surface area contributed by atoms with Crippen LogP contribution in [0.15, 0.2) is 29.6 Å². The summed E-state index contributed by atoms with van der Waals surface area (Å²) in [7, 11) is -0.505. The van der Waals surface area contributed by atoms with Crippen molar-refractivity contribution in [3.63, 3.8) is 0 Å². The summed E-state index contributed by atoms with van der Waals surface area (Å²) in [6.07, 6.45) is 0. The van der Waals surface area contributed by atoms with Gasteiger partial charge in [0.05, 0.1) is 16.3 Å². The van der Waals surface area contributed by atoms with E-state index in [0.29, 0.717) is 21.9 Å². The molecular formula is C14H15N3O3S2. The Labute approximate surface area is 133 Å². The highest BCUT2D eigenvalue weighted by atomic mass is 32.2. The second-order valence-electron chi connectivity index (χ2n) is 5.09. The molecule has 22 heavy (non-hydrogen) atoms. The van der Waals surface area contributed by atoms with Crippen molar-refractivity contribution in [2.75, 3.05) is 28.0 Å². The first-order valence-electron chi connectivity index (χ1n) is 6.54. The summed E-state index contributed by atoms with van der Waals surface area (Å²) in [4.78, 5) is 12.8. The van der Waals surface area contributed by atoms with E-state index in [1.165, 1.54) is 34.0 Å². The molecule has 1 aliphatic heterocycles. The summed E-state index contributed by atoms with van der Waals surface area (Å²) in [6, 6.07) is 6.86. The Hall–Kier alpha value is -2.06. The number of carbonyl (C=O) groups is 1. The Morgan fingerprint density at radius 2 is 1.82 bits per heavy atom. The number of carbonyl (C=O) groups excluding carboxylic acids is 1. The van der Waals surface area contributed by atoms with Crippen molar-refractivity contribution in [2.45, 2.75) is 6.92 Å². The molecule has 2 heterocycles. The minimum atomic E-state index is -3.50. The first-order chi connectivity index (χ1) is 10.3. The fraction of sp³-hybridized carbons (Fsp3) is 0.214. The van der Waals surface area contributed by atoms with E-state index in [4.69, 9.17) is 0 Å². The monoisotopic (exact) mass is 337 g/mol. The SMILES string of the molecule is Cc1csc(C(=O)Nc2ccc3c(c2)N(C)S(=O)(=O)N3C)c1. The number of amides is 1. The van der Waals surface area contributed by atoms with E-state index >= 15 is 0 Å². The van der Waals surface area contributed by atoms with Crippen molar-refractivity contribution in [2.24, 2.45) is 0 Å². The number of anilines is 3. The fourth-order valence-electron chi connectivity index (χ4n) is 2.29. The number of aryl methyl sites for hydroxylation is 1. The van der Waals surface area contributed by atoms with Gasteiger partial charge in [-0.2, -0.15) is 8.42 Å². The van der Waals surface area contributed by atoms with E-state index < -0.39 is 10.2 Å². The maximum Gasteiger partial charge on any atom is 0.326 e. The minimum absolute atomic E-state index is 0.199. The lowest BCUT2D eigenvalue weighted by atomic mass is 10.2. The van der Waals surface area contributed by atoms with Crippen LogP contribution in [0.4, 0.5) is 17.1 Å². The van der Waals surface area contributed by atoms with E-state index in [2.05, 4.69) is 5.32 Å². The molecule has 2 aromatic rings. The Morgan fingerprint density at radius 3 is 2.45 bits per heavy atom. The molecule has 0 radical (unpaired) electrons. The molecule has 1 aromatic heterocycles. The molecule has 0 bridgehead atoms. The molecule has 0 saturated carbocycles.